The predicted octanol–water partition coefficient (Wildman–Crippen LogP) is 2.19. The quantitative estimate of drug-likeness (QED) is 0.842. The average Bonchev–Trinajstić information content (AvgIpc) is 2.59. The predicted molar refractivity (Wildman–Crippen MR) is 72.2 cm³/mol. The molecule has 1 saturated carbocycles. The lowest BCUT2D eigenvalue weighted by molar-refractivity contribution is -0.131. The molecular formula is C13H25ClN2O. The minimum atomic E-state index is 0. The first-order valence-electron chi connectivity index (χ1n) is 6.61. The van der Waals surface area contributed by atoms with Gasteiger partial charge in [-0.15, -0.1) is 12.4 Å². The van der Waals surface area contributed by atoms with Gasteiger partial charge in [-0.05, 0) is 30.7 Å². The number of rotatable bonds is 4. The number of hydrogen-bond acceptors (Lipinski definition) is 2. The largest absolute Gasteiger partial charge is 0.342 e. The average molecular weight is 261 g/mol. The van der Waals surface area contributed by atoms with Crippen molar-refractivity contribution in [2.45, 2.75) is 45.4 Å². The molecule has 0 aromatic heterocycles. The van der Waals surface area contributed by atoms with Crippen LogP contribution in [0, 0.1) is 11.3 Å². The van der Waals surface area contributed by atoms with Gasteiger partial charge in [0.05, 0.1) is 0 Å². The zero-order valence-electron chi connectivity index (χ0n) is 10.8. The van der Waals surface area contributed by atoms with Crippen LogP contribution in [-0.2, 0) is 4.79 Å². The number of carbonyl (C=O) groups excluding carboxylic acids is 1. The molecule has 2 rings (SSSR count). The standard InChI is InChI=1S/C13H24N2O.ClH/c1-13(9-14)7-8-15(10-13)12(16)6-5-11-3-2-4-11;/h11H,2-10,14H2,1H3;1H. The van der Waals surface area contributed by atoms with Crippen molar-refractivity contribution in [1.82, 2.24) is 4.90 Å². The van der Waals surface area contributed by atoms with Crippen LogP contribution in [0.4, 0.5) is 0 Å². The fourth-order valence-corrected chi connectivity index (χ4v) is 2.67. The molecule has 1 aliphatic heterocycles. The highest BCUT2D eigenvalue weighted by atomic mass is 35.5. The SMILES string of the molecule is CC1(CN)CCN(C(=O)CCC2CCC2)C1.Cl. The molecule has 0 radical (unpaired) electrons. The number of amides is 1. The highest BCUT2D eigenvalue weighted by molar-refractivity contribution is 5.85. The summed E-state index contributed by atoms with van der Waals surface area (Å²) in [4.78, 5) is 14.0. The van der Waals surface area contributed by atoms with Crippen molar-refractivity contribution in [2.75, 3.05) is 19.6 Å². The molecule has 2 aliphatic rings. The van der Waals surface area contributed by atoms with Gasteiger partial charge in [0.1, 0.15) is 0 Å². The molecule has 1 atom stereocenters. The van der Waals surface area contributed by atoms with E-state index in [1.807, 2.05) is 4.90 Å². The topological polar surface area (TPSA) is 46.3 Å². The molecule has 100 valence electrons. The van der Waals surface area contributed by atoms with E-state index in [1.54, 1.807) is 0 Å². The van der Waals surface area contributed by atoms with Crippen molar-refractivity contribution in [3.63, 3.8) is 0 Å². The van der Waals surface area contributed by atoms with Gasteiger partial charge in [0.25, 0.3) is 0 Å². The maximum atomic E-state index is 12.0. The second-order valence-corrected chi connectivity index (χ2v) is 5.92. The number of carbonyl (C=O) groups is 1. The van der Waals surface area contributed by atoms with Gasteiger partial charge in [0, 0.05) is 19.5 Å². The van der Waals surface area contributed by atoms with Crippen LogP contribution < -0.4 is 5.73 Å². The Bertz CT molecular complexity index is 268. The molecule has 0 aromatic carbocycles. The van der Waals surface area contributed by atoms with Crippen molar-refractivity contribution in [3.8, 4) is 0 Å². The minimum Gasteiger partial charge on any atom is -0.342 e. The Hall–Kier alpha value is -0.280. The fourth-order valence-electron chi connectivity index (χ4n) is 2.67. The third-order valence-corrected chi connectivity index (χ3v) is 4.39. The fraction of sp³-hybridized carbons (Fsp3) is 0.923. The van der Waals surface area contributed by atoms with Crippen LogP contribution in [0.2, 0.25) is 0 Å². The second-order valence-electron chi connectivity index (χ2n) is 5.92. The molecule has 1 heterocycles. The normalized spacial score (nSPS) is 28.7. The van der Waals surface area contributed by atoms with Gasteiger partial charge in [-0.1, -0.05) is 26.2 Å². The first-order chi connectivity index (χ1) is 7.63. The number of nitrogens with two attached hydrogens (primary N) is 1. The summed E-state index contributed by atoms with van der Waals surface area (Å²) in [5.74, 6) is 1.19. The highest BCUT2D eigenvalue weighted by Crippen LogP contribution is 2.32. The molecule has 1 amide bonds. The first kappa shape index (κ1) is 14.8. The Morgan fingerprint density at radius 1 is 1.47 bits per heavy atom. The molecule has 1 unspecified atom stereocenters. The number of halogens is 1. The smallest absolute Gasteiger partial charge is 0.222 e. The van der Waals surface area contributed by atoms with Gasteiger partial charge in [-0.3, -0.25) is 4.79 Å². The summed E-state index contributed by atoms with van der Waals surface area (Å²) < 4.78 is 0. The summed E-state index contributed by atoms with van der Waals surface area (Å²) in [5, 5.41) is 0. The molecule has 0 bridgehead atoms. The molecule has 3 nitrogen and oxygen atoms in total. The van der Waals surface area contributed by atoms with E-state index in [0.29, 0.717) is 12.5 Å². The van der Waals surface area contributed by atoms with Crippen molar-refractivity contribution in [1.29, 1.82) is 0 Å². The lowest BCUT2D eigenvalue weighted by atomic mass is 9.82. The van der Waals surface area contributed by atoms with E-state index in [9.17, 15) is 4.79 Å². The number of hydrogen-bond donors (Lipinski definition) is 1. The summed E-state index contributed by atoms with van der Waals surface area (Å²) in [6.07, 6.45) is 6.98. The Morgan fingerprint density at radius 2 is 2.18 bits per heavy atom. The van der Waals surface area contributed by atoms with Gasteiger partial charge in [0.15, 0.2) is 0 Å². The molecule has 4 heteroatoms. The van der Waals surface area contributed by atoms with Crippen molar-refractivity contribution in [2.24, 2.45) is 17.1 Å². The second kappa shape index (κ2) is 6.05. The van der Waals surface area contributed by atoms with Crippen molar-refractivity contribution in [3.05, 3.63) is 0 Å². The molecule has 2 fully saturated rings. The van der Waals surface area contributed by atoms with E-state index in [1.165, 1.54) is 19.3 Å². The number of likely N-dealkylation sites (tertiary alicyclic amines) is 1. The van der Waals surface area contributed by atoms with E-state index in [0.717, 1.165) is 38.3 Å². The van der Waals surface area contributed by atoms with E-state index in [4.69, 9.17) is 5.73 Å². The minimum absolute atomic E-state index is 0. The zero-order valence-corrected chi connectivity index (χ0v) is 11.6. The molecule has 0 aromatic rings. The van der Waals surface area contributed by atoms with Crippen LogP contribution in [0.15, 0.2) is 0 Å². The van der Waals surface area contributed by atoms with E-state index < -0.39 is 0 Å². The molecular weight excluding hydrogens is 236 g/mol. The van der Waals surface area contributed by atoms with Crippen LogP contribution in [-0.4, -0.2) is 30.4 Å². The Labute approximate surface area is 111 Å². The molecule has 17 heavy (non-hydrogen) atoms. The van der Waals surface area contributed by atoms with Crippen molar-refractivity contribution < 1.29 is 4.79 Å². The Balaban J connectivity index is 0.00000144. The van der Waals surface area contributed by atoms with Gasteiger partial charge in [-0.2, -0.15) is 0 Å². The summed E-state index contributed by atoms with van der Waals surface area (Å²) in [7, 11) is 0. The van der Waals surface area contributed by atoms with Crippen molar-refractivity contribution >= 4 is 18.3 Å². The number of nitrogens with zero attached hydrogens (tertiary/aromatic N) is 1. The van der Waals surface area contributed by atoms with Crippen LogP contribution in [0.25, 0.3) is 0 Å². The maximum absolute atomic E-state index is 12.0. The highest BCUT2D eigenvalue weighted by Gasteiger charge is 2.34. The Morgan fingerprint density at radius 3 is 2.65 bits per heavy atom. The first-order valence-corrected chi connectivity index (χ1v) is 6.61. The maximum Gasteiger partial charge on any atom is 0.222 e. The van der Waals surface area contributed by atoms with Crippen LogP contribution in [0.3, 0.4) is 0 Å². The van der Waals surface area contributed by atoms with E-state index in [2.05, 4.69) is 6.92 Å². The van der Waals surface area contributed by atoms with Gasteiger partial charge in [0.2, 0.25) is 5.91 Å². The van der Waals surface area contributed by atoms with Gasteiger partial charge >= 0.3 is 0 Å². The van der Waals surface area contributed by atoms with Gasteiger partial charge < -0.3 is 10.6 Å². The summed E-state index contributed by atoms with van der Waals surface area (Å²) in [6, 6.07) is 0. The van der Waals surface area contributed by atoms with Crippen LogP contribution >= 0.6 is 12.4 Å². The molecule has 2 N–H and O–H groups in total. The summed E-state index contributed by atoms with van der Waals surface area (Å²) in [5.41, 5.74) is 5.92. The lowest BCUT2D eigenvalue weighted by Gasteiger charge is -2.26. The van der Waals surface area contributed by atoms with E-state index in [-0.39, 0.29) is 17.8 Å². The monoisotopic (exact) mass is 260 g/mol. The third kappa shape index (κ3) is 3.59. The molecule has 1 aliphatic carbocycles. The van der Waals surface area contributed by atoms with Crippen LogP contribution in [0.5, 0.6) is 0 Å². The molecule has 1 saturated heterocycles. The van der Waals surface area contributed by atoms with E-state index >= 15 is 0 Å². The van der Waals surface area contributed by atoms with Crippen LogP contribution in [0.1, 0.15) is 45.4 Å². The Kier molecular flexibility index (Phi) is 5.26. The molecule has 0 spiro atoms. The summed E-state index contributed by atoms with van der Waals surface area (Å²) in [6.45, 7) is 4.66. The summed E-state index contributed by atoms with van der Waals surface area (Å²) >= 11 is 0. The lowest BCUT2D eigenvalue weighted by Crippen LogP contribution is -2.34. The van der Waals surface area contributed by atoms with Gasteiger partial charge in [-0.25, -0.2) is 0 Å². The third-order valence-electron chi connectivity index (χ3n) is 4.39. The zero-order chi connectivity index (χ0) is 11.6.